The highest BCUT2D eigenvalue weighted by Gasteiger charge is 2.50. The maximum atomic E-state index is 2.31. The van der Waals surface area contributed by atoms with Crippen molar-refractivity contribution in [1.29, 1.82) is 0 Å². The standard InChI is InChI=1S/C32H28/c1-5-13-27(14-6-1)31(28-15-7-2-8-16-28)21-25(22-31)26-23-32(24-26,29-17-9-3-10-18-29)30-19-11-4-12-20-30/h1-20H,21-24H2. The highest BCUT2D eigenvalue weighted by atomic mass is 14.5. The molecule has 0 nitrogen and oxygen atoms in total. The molecule has 0 bridgehead atoms. The zero-order valence-corrected chi connectivity index (χ0v) is 18.4. The zero-order chi connectivity index (χ0) is 21.4. The van der Waals surface area contributed by atoms with Crippen LogP contribution < -0.4 is 0 Å². The van der Waals surface area contributed by atoms with Crippen LogP contribution in [0.25, 0.3) is 0 Å². The van der Waals surface area contributed by atoms with Gasteiger partial charge in [0.25, 0.3) is 0 Å². The minimum absolute atomic E-state index is 0.128. The molecule has 0 N–H and O–H groups in total. The van der Waals surface area contributed by atoms with E-state index in [1.54, 1.807) is 11.1 Å². The highest BCUT2D eigenvalue weighted by molar-refractivity contribution is 5.54. The molecule has 2 aliphatic rings. The SMILES string of the molecule is c1ccc(C2(c3ccccc3)CC(=C3CC(c4ccccc4)(c4ccccc4)C3)C2)cc1. The van der Waals surface area contributed by atoms with Crippen molar-refractivity contribution in [3.63, 3.8) is 0 Å². The second kappa shape index (κ2) is 7.64. The fourth-order valence-electron chi connectivity index (χ4n) is 6.03. The van der Waals surface area contributed by atoms with Gasteiger partial charge in [-0.1, -0.05) is 132 Å². The normalized spacial score (nSPS) is 18.5. The molecule has 0 saturated heterocycles. The second-order valence-corrected chi connectivity index (χ2v) is 9.54. The van der Waals surface area contributed by atoms with E-state index in [9.17, 15) is 0 Å². The van der Waals surface area contributed by atoms with Gasteiger partial charge in [-0.3, -0.25) is 0 Å². The summed E-state index contributed by atoms with van der Waals surface area (Å²) in [5.41, 5.74) is 9.42. The lowest BCUT2D eigenvalue weighted by Crippen LogP contribution is -2.43. The van der Waals surface area contributed by atoms with E-state index in [2.05, 4.69) is 121 Å². The molecular weight excluding hydrogens is 384 g/mol. The third kappa shape index (κ3) is 2.98. The molecule has 156 valence electrons. The Morgan fingerprint density at radius 1 is 0.312 bits per heavy atom. The summed E-state index contributed by atoms with van der Waals surface area (Å²) >= 11 is 0. The van der Waals surface area contributed by atoms with E-state index in [-0.39, 0.29) is 10.8 Å². The summed E-state index contributed by atoms with van der Waals surface area (Å²) in [5, 5.41) is 0. The molecule has 0 heteroatoms. The van der Waals surface area contributed by atoms with Crippen LogP contribution in [-0.2, 0) is 10.8 Å². The summed E-state index contributed by atoms with van der Waals surface area (Å²) in [7, 11) is 0. The first-order valence-corrected chi connectivity index (χ1v) is 11.7. The molecule has 0 radical (unpaired) electrons. The Hall–Kier alpha value is -3.38. The molecule has 32 heavy (non-hydrogen) atoms. The van der Waals surface area contributed by atoms with Crippen molar-refractivity contribution >= 4 is 0 Å². The lowest BCUT2D eigenvalue weighted by Gasteiger charge is -2.52. The molecule has 2 aliphatic carbocycles. The van der Waals surface area contributed by atoms with E-state index in [0.717, 1.165) is 25.7 Å². The number of benzene rings is 4. The Balaban J connectivity index is 1.35. The third-order valence-corrected chi connectivity index (χ3v) is 7.87. The fourth-order valence-corrected chi connectivity index (χ4v) is 6.03. The Labute approximate surface area is 191 Å². The molecule has 0 aromatic heterocycles. The van der Waals surface area contributed by atoms with Gasteiger partial charge in [-0.15, -0.1) is 0 Å². The van der Waals surface area contributed by atoms with E-state index < -0.39 is 0 Å². The van der Waals surface area contributed by atoms with Gasteiger partial charge in [0.1, 0.15) is 0 Å². The zero-order valence-electron chi connectivity index (χ0n) is 18.4. The van der Waals surface area contributed by atoms with Gasteiger partial charge in [0.2, 0.25) is 0 Å². The van der Waals surface area contributed by atoms with Gasteiger partial charge < -0.3 is 0 Å². The quantitative estimate of drug-likeness (QED) is 0.299. The summed E-state index contributed by atoms with van der Waals surface area (Å²) < 4.78 is 0. The first-order valence-electron chi connectivity index (χ1n) is 11.7. The summed E-state index contributed by atoms with van der Waals surface area (Å²) in [6.45, 7) is 0. The van der Waals surface area contributed by atoms with Crippen LogP contribution in [0, 0.1) is 0 Å². The summed E-state index contributed by atoms with van der Waals surface area (Å²) in [5.74, 6) is 0. The van der Waals surface area contributed by atoms with E-state index in [1.807, 2.05) is 0 Å². The number of rotatable bonds is 4. The maximum absolute atomic E-state index is 2.31. The second-order valence-electron chi connectivity index (χ2n) is 9.54. The van der Waals surface area contributed by atoms with Gasteiger partial charge in [-0.05, 0) is 47.9 Å². The van der Waals surface area contributed by atoms with Gasteiger partial charge in [0.05, 0.1) is 0 Å². The molecule has 0 amide bonds. The number of hydrogen-bond acceptors (Lipinski definition) is 0. The molecule has 6 rings (SSSR count). The molecule has 2 saturated carbocycles. The summed E-state index contributed by atoms with van der Waals surface area (Å²) in [6.07, 6.45) is 4.60. The van der Waals surface area contributed by atoms with E-state index in [0.29, 0.717) is 0 Å². The van der Waals surface area contributed by atoms with Gasteiger partial charge in [0, 0.05) is 10.8 Å². The Bertz CT molecular complexity index is 1030. The van der Waals surface area contributed by atoms with Gasteiger partial charge >= 0.3 is 0 Å². The Morgan fingerprint density at radius 3 is 0.750 bits per heavy atom. The van der Waals surface area contributed by atoms with Gasteiger partial charge in [-0.25, -0.2) is 0 Å². The van der Waals surface area contributed by atoms with Crippen molar-refractivity contribution in [2.45, 2.75) is 36.5 Å². The third-order valence-electron chi connectivity index (χ3n) is 7.87. The molecule has 2 fully saturated rings. The van der Waals surface area contributed by atoms with Crippen LogP contribution >= 0.6 is 0 Å². The van der Waals surface area contributed by atoms with Gasteiger partial charge in [0.15, 0.2) is 0 Å². The molecule has 4 aromatic rings. The van der Waals surface area contributed by atoms with Crippen molar-refractivity contribution in [2.24, 2.45) is 0 Å². The van der Waals surface area contributed by atoms with Gasteiger partial charge in [-0.2, -0.15) is 0 Å². The van der Waals surface area contributed by atoms with E-state index >= 15 is 0 Å². The number of allylic oxidation sites excluding steroid dienone is 2. The van der Waals surface area contributed by atoms with Crippen LogP contribution in [0.1, 0.15) is 47.9 Å². The van der Waals surface area contributed by atoms with Crippen LogP contribution in [-0.4, -0.2) is 0 Å². The first kappa shape index (κ1) is 19.3. The molecule has 0 spiro atoms. The lowest BCUT2D eigenvalue weighted by atomic mass is 9.51. The van der Waals surface area contributed by atoms with E-state index in [4.69, 9.17) is 0 Å². The molecular formula is C32H28. The molecule has 0 atom stereocenters. The topological polar surface area (TPSA) is 0 Å². The molecule has 0 aliphatic heterocycles. The predicted octanol–water partition coefficient (Wildman–Crippen LogP) is 7.84. The summed E-state index contributed by atoms with van der Waals surface area (Å²) in [6, 6.07) is 44.5. The van der Waals surface area contributed by atoms with Crippen molar-refractivity contribution < 1.29 is 0 Å². The minimum atomic E-state index is 0.128. The number of hydrogen-bond donors (Lipinski definition) is 0. The van der Waals surface area contributed by atoms with Crippen LogP contribution in [0.15, 0.2) is 132 Å². The van der Waals surface area contributed by atoms with Crippen molar-refractivity contribution in [3.8, 4) is 0 Å². The molecule has 0 unspecified atom stereocenters. The van der Waals surface area contributed by atoms with Crippen LogP contribution in [0.4, 0.5) is 0 Å². The average Bonchev–Trinajstić information content (AvgIpc) is 2.82. The summed E-state index contributed by atoms with van der Waals surface area (Å²) in [4.78, 5) is 0. The Kier molecular flexibility index (Phi) is 4.61. The smallest absolute Gasteiger partial charge is 0.0277 e. The van der Waals surface area contributed by atoms with Crippen molar-refractivity contribution in [2.75, 3.05) is 0 Å². The monoisotopic (exact) mass is 412 g/mol. The largest absolute Gasteiger partial charge is 0.0685 e. The van der Waals surface area contributed by atoms with Crippen LogP contribution in [0.3, 0.4) is 0 Å². The average molecular weight is 413 g/mol. The molecule has 0 heterocycles. The van der Waals surface area contributed by atoms with E-state index in [1.165, 1.54) is 22.3 Å². The molecule has 4 aromatic carbocycles. The van der Waals surface area contributed by atoms with Crippen LogP contribution in [0.2, 0.25) is 0 Å². The lowest BCUT2D eigenvalue weighted by molar-refractivity contribution is 0.346. The van der Waals surface area contributed by atoms with Crippen molar-refractivity contribution in [3.05, 3.63) is 155 Å². The predicted molar refractivity (Wildman–Crippen MR) is 133 cm³/mol. The minimum Gasteiger partial charge on any atom is -0.0685 e. The highest BCUT2D eigenvalue weighted by Crippen LogP contribution is 2.60. The first-order chi connectivity index (χ1) is 15.8. The maximum Gasteiger partial charge on any atom is 0.0277 e. The van der Waals surface area contributed by atoms with Crippen LogP contribution in [0.5, 0.6) is 0 Å². The van der Waals surface area contributed by atoms with Crippen molar-refractivity contribution in [1.82, 2.24) is 0 Å². The fraction of sp³-hybridized carbons (Fsp3) is 0.188. The Morgan fingerprint density at radius 2 is 0.531 bits per heavy atom.